The van der Waals surface area contributed by atoms with Gasteiger partial charge < -0.3 is 4.90 Å². The zero-order valence-corrected chi connectivity index (χ0v) is 13.2. The van der Waals surface area contributed by atoms with Gasteiger partial charge in [-0.25, -0.2) is 0 Å². The molecule has 0 saturated heterocycles. The molecule has 96 valence electrons. The lowest BCUT2D eigenvalue weighted by Gasteiger charge is -2.17. The molecule has 2 aromatic rings. The standard InChI is InChI=1S/C15H11Br2NO/c16-12-4-2-11(3-5-12)15(19)18-8-7-10-1-6-13(17)9-14(10)18/h1-6,9H,7-8H2. The van der Waals surface area contributed by atoms with Gasteiger partial charge in [-0.2, -0.15) is 0 Å². The molecule has 0 spiro atoms. The molecule has 1 aliphatic heterocycles. The number of hydrogen-bond donors (Lipinski definition) is 0. The molecule has 19 heavy (non-hydrogen) atoms. The number of carbonyl (C=O) groups excluding carboxylic acids is 1. The van der Waals surface area contributed by atoms with Gasteiger partial charge in [0.15, 0.2) is 0 Å². The van der Waals surface area contributed by atoms with Gasteiger partial charge in [0.05, 0.1) is 0 Å². The minimum Gasteiger partial charge on any atom is -0.308 e. The number of hydrogen-bond acceptors (Lipinski definition) is 1. The van der Waals surface area contributed by atoms with Crippen molar-refractivity contribution in [3.8, 4) is 0 Å². The summed E-state index contributed by atoms with van der Waals surface area (Å²) >= 11 is 6.85. The molecule has 2 aromatic carbocycles. The first-order valence-corrected chi connectivity index (χ1v) is 7.59. The van der Waals surface area contributed by atoms with E-state index >= 15 is 0 Å². The highest BCUT2D eigenvalue weighted by molar-refractivity contribution is 9.10. The maximum absolute atomic E-state index is 12.5. The van der Waals surface area contributed by atoms with E-state index in [4.69, 9.17) is 0 Å². The van der Waals surface area contributed by atoms with E-state index in [2.05, 4.69) is 37.9 Å². The molecule has 0 aliphatic carbocycles. The monoisotopic (exact) mass is 379 g/mol. The third kappa shape index (κ3) is 2.47. The summed E-state index contributed by atoms with van der Waals surface area (Å²) < 4.78 is 1.98. The number of nitrogens with zero attached hydrogens (tertiary/aromatic N) is 1. The Morgan fingerprint density at radius 2 is 1.68 bits per heavy atom. The minimum absolute atomic E-state index is 0.0596. The molecule has 0 fully saturated rings. The first-order valence-electron chi connectivity index (χ1n) is 6.01. The number of rotatable bonds is 1. The molecule has 2 nitrogen and oxygen atoms in total. The Balaban J connectivity index is 1.95. The normalized spacial score (nSPS) is 13.5. The Hall–Kier alpha value is -1.13. The largest absolute Gasteiger partial charge is 0.308 e. The number of benzene rings is 2. The molecule has 0 radical (unpaired) electrons. The highest BCUT2D eigenvalue weighted by Gasteiger charge is 2.25. The van der Waals surface area contributed by atoms with Crippen molar-refractivity contribution in [1.82, 2.24) is 0 Å². The summed E-state index contributed by atoms with van der Waals surface area (Å²) in [5, 5.41) is 0. The summed E-state index contributed by atoms with van der Waals surface area (Å²) in [6, 6.07) is 13.6. The second kappa shape index (κ2) is 5.10. The van der Waals surface area contributed by atoms with Crippen molar-refractivity contribution < 1.29 is 4.79 Å². The number of amides is 1. The molecule has 0 bridgehead atoms. The predicted molar refractivity (Wildman–Crippen MR) is 83.7 cm³/mol. The van der Waals surface area contributed by atoms with Crippen LogP contribution in [0.1, 0.15) is 15.9 Å². The molecule has 0 unspecified atom stereocenters. The number of anilines is 1. The first kappa shape index (κ1) is 12.9. The summed E-state index contributed by atoms with van der Waals surface area (Å²) in [6.07, 6.45) is 0.922. The Bertz CT molecular complexity index is 637. The molecular formula is C15H11Br2NO. The fraction of sp³-hybridized carbons (Fsp3) is 0.133. The lowest BCUT2D eigenvalue weighted by atomic mass is 10.1. The van der Waals surface area contributed by atoms with Crippen LogP contribution in [-0.2, 0) is 6.42 Å². The van der Waals surface area contributed by atoms with Crippen molar-refractivity contribution in [1.29, 1.82) is 0 Å². The zero-order chi connectivity index (χ0) is 13.4. The van der Waals surface area contributed by atoms with E-state index in [0.717, 1.165) is 33.2 Å². The number of fused-ring (bicyclic) bond motifs is 1. The average molecular weight is 381 g/mol. The van der Waals surface area contributed by atoms with E-state index in [1.165, 1.54) is 5.56 Å². The molecule has 1 aliphatic rings. The van der Waals surface area contributed by atoms with E-state index in [-0.39, 0.29) is 5.91 Å². The van der Waals surface area contributed by atoms with E-state index < -0.39 is 0 Å². The molecular weight excluding hydrogens is 370 g/mol. The van der Waals surface area contributed by atoms with Gasteiger partial charge in [0.25, 0.3) is 5.91 Å². The third-order valence-corrected chi connectivity index (χ3v) is 4.30. The second-order valence-electron chi connectivity index (χ2n) is 4.49. The second-order valence-corrected chi connectivity index (χ2v) is 6.32. The van der Waals surface area contributed by atoms with Crippen molar-refractivity contribution in [3.63, 3.8) is 0 Å². The highest BCUT2D eigenvalue weighted by Crippen LogP contribution is 2.32. The number of halogens is 2. The van der Waals surface area contributed by atoms with E-state index in [1.807, 2.05) is 41.3 Å². The van der Waals surface area contributed by atoms with Crippen molar-refractivity contribution in [2.45, 2.75) is 6.42 Å². The summed E-state index contributed by atoms with van der Waals surface area (Å²) in [7, 11) is 0. The van der Waals surface area contributed by atoms with Crippen LogP contribution in [0.15, 0.2) is 51.4 Å². The smallest absolute Gasteiger partial charge is 0.258 e. The minimum atomic E-state index is 0.0596. The molecule has 1 amide bonds. The zero-order valence-electron chi connectivity index (χ0n) is 10.1. The van der Waals surface area contributed by atoms with Gasteiger partial charge in [-0.05, 0) is 48.4 Å². The average Bonchev–Trinajstić information content (AvgIpc) is 2.81. The maximum atomic E-state index is 12.5. The quantitative estimate of drug-likeness (QED) is 0.717. The van der Waals surface area contributed by atoms with Gasteiger partial charge >= 0.3 is 0 Å². The third-order valence-electron chi connectivity index (χ3n) is 3.28. The van der Waals surface area contributed by atoms with E-state index in [1.54, 1.807) is 0 Å². The van der Waals surface area contributed by atoms with Crippen LogP contribution >= 0.6 is 31.9 Å². The Morgan fingerprint density at radius 3 is 2.42 bits per heavy atom. The molecule has 0 atom stereocenters. The van der Waals surface area contributed by atoms with Gasteiger partial charge in [0.2, 0.25) is 0 Å². The summed E-state index contributed by atoms with van der Waals surface area (Å²) in [6.45, 7) is 0.751. The van der Waals surface area contributed by atoms with Gasteiger partial charge in [-0.1, -0.05) is 37.9 Å². The van der Waals surface area contributed by atoms with Gasteiger partial charge in [-0.15, -0.1) is 0 Å². The van der Waals surface area contributed by atoms with Crippen molar-refractivity contribution in [2.24, 2.45) is 0 Å². The van der Waals surface area contributed by atoms with Crippen LogP contribution in [-0.4, -0.2) is 12.5 Å². The van der Waals surface area contributed by atoms with E-state index in [9.17, 15) is 4.79 Å². The van der Waals surface area contributed by atoms with Crippen molar-refractivity contribution in [2.75, 3.05) is 11.4 Å². The SMILES string of the molecule is O=C(c1ccc(Br)cc1)N1CCc2ccc(Br)cc21. The van der Waals surface area contributed by atoms with Gasteiger partial charge in [0, 0.05) is 26.7 Å². The molecule has 3 rings (SSSR count). The maximum Gasteiger partial charge on any atom is 0.258 e. The van der Waals surface area contributed by atoms with Crippen molar-refractivity contribution >= 4 is 43.5 Å². The number of carbonyl (C=O) groups is 1. The molecule has 1 heterocycles. The van der Waals surface area contributed by atoms with Crippen LogP contribution in [0.25, 0.3) is 0 Å². The lowest BCUT2D eigenvalue weighted by molar-refractivity contribution is 0.0989. The summed E-state index contributed by atoms with van der Waals surface area (Å²) in [5.41, 5.74) is 2.96. The molecule has 4 heteroatoms. The summed E-state index contributed by atoms with van der Waals surface area (Å²) in [5.74, 6) is 0.0596. The fourth-order valence-corrected chi connectivity index (χ4v) is 2.92. The highest BCUT2D eigenvalue weighted by atomic mass is 79.9. The van der Waals surface area contributed by atoms with E-state index in [0.29, 0.717) is 0 Å². The lowest BCUT2D eigenvalue weighted by Crippen LogP contribution is -2.28. The molecule has 0 aromatic heterocycles. The fourth-order valence-electron chi connectivity index (χ4n) is 2.31. The van der Waals surface area contributed by atoms with Crippen LogP contribution < -0.4 is 4.90 Å². The Kier molecular flexibility index (Phi) is 3.46. The van der Waals surface area contributed by atoms with Gasteiger partial charge in [-0.3, -0.25) is 4.79 Å². The molecule has 0 N–H and O–H groups in total. The predicted octanol–water partition coefficient (Wildman–Crippen LogP) is 4.41. The summed E-state index contributed by atoms with van der Waals surface area (Å²) in [4.78, 5) is 14.4. The first-order chi connectivity index (χ1) is 9.15. The van der Waals surface area contributed by atoms with Crippen LogP contribution in [0.2, 0.25) is 0 Å². The van der Waals surface area contributed by atoms with Crippen LogP contribution in [0.4, 0.5) is 5.69 Å². The Morgan fingerprint density at radius 1 is 1.00 bits per heavy atom. The van der Waals surface area contributed by atoms with Crippen LogP contribution in [0, 0.1) is 0 Å². The van der Waals surface area contributed by atoms with Crippen LogP contribution in [0.5, 0.6) is 0 Å². The Labute approximate surface area is 128 Å². The van der Waals surface area contributed by atoms with Crippen molar-refractivity contribution in [3.05, 3.63) is 62.5 Å². The van der Waals surface area contributed by atoms with Gasteiger partial charge in [0.1, 0.15) is 0 Å². The van der Waals surface area contributed by atoms with Crippen LogP contribution in [0.3, 0.4) is 0 Å². The molecule has 0 saturated carbocycles. The topological polar surface area (TPSA) is 20.3 Å².